The van der Waals surface area contributed by atoms with E-state index in [2.05, 4.69) is 0 Å². The zero-order valence-electron chi connectivity index (χ0n) is 14.8. The normalized spacial score (nSPS) is 13.0. The Morgan fingerprint density at radius 3 is 2.67 bits per heavy atom. The molecular weight excluding hydrogens is 348 g/mol. The van der Waals surface area contributed by atoms with Gasteiger partial charge in [0.2, 0.25) is 0 Å². The Bertz CT molecular complexity index is 851. The standard InChI is InChI=1S/C20H20N2O5/c23-19(14-27-20(24)11-8-15-5-2-1-3-6-15)21-12-4-7-16-13-17(22(25)26)9-10-18(16)21/h1-3,5-6,9-10,13H,4,7-8,11-12,14H2. The summed E-state index contributed by atoms with van der Waals surface area (Å²) in [5, 5.41) is 10.9. The number of fused-ring (bicyclic) bond motifs is 1. The van der Waals surface area contributed by atoms with Crippen LogP contribution in [0.25, 0.3) is 0 Å². The van der Waals surface area contributed by atoms with Gasteiger partial charge in [0.05, 0.1) is 4.92 Å². The van der Waals surface area contributed by atoms with Crippen LogP contribution >= 0.6 is 0 Å². The summed E-state index contributed by atoms with van der Waals surface area (Å²) in [6, 6.07) is 14.1. The van der Waals surface area contributed by atoms with Crippen molar-refractivity contribution in [2.24, 2.45) is 0 Å². The lowest BCUT2D eigenvalue weighted by molar-refractivity contribution is -0.384. The summed E-state index contributed by atoms with van der Waals surface area (Å²) in [4.78, 5) is 36.4. The molecule has 0 saturated heterocycles. The van der Waals surface area contributed by atoms with Gasteiger partial charge in [0, 0.05) is 30.8 Å². The lowest BCUT2D eigenvalue weighted by Gasteiger charge is -2.29. The molecule has 0 atom stereocenters. The van der Waals surface area contributed by atoms with Gasteiger partial charge in [-0.1, -0.05) is 30.3 Å². The lowest BCUT2D eigenvalue weighted by Crippen LogP contribution is -2.38. The number of nitrogens with zero attached hydrogens (tertiary/aromatic N) is 2. The number of rotatable bonds is 6. The van der Waals surface area contributed by atoms with E-state index in [1.807, 2.05) is 30.3 Å². The Labute approximate surface area is 156 Å². The zero-order valence-corrected chi connectivity index (χ0v) is 14.8. The fourth-order valence-corrected chi connectivity index (χ4v) is 3.14. The van der Waals surface area contributed by atoms with E-state index in [1.165, 1.54) is 17.0 Å². The number of amides is 1. The van der Waals surface area contributed by atoms with Crippen LogP contribution in [-0.4, -0.2) is 30.0 Å². The number of non-ortho nitro benzene ring substituents is 1. The van der Waals surface area contributed by atoms with Gasteiger partial charge in [-0.15, -0.1) is 0 Å². The third-order valence-electron chi connectivity index (χ3n) is 4.51. The lowest BCUT2D eigenvalue weighted by atomic mass is 10.0. The number of carbonyl (C=O) groups is 2. The Kier molecular flexibility index (Phi) is 5.80. The van der Waals surface area contributed by atoms with Gasteiger partial charge in [0.1, 0.15) is 0 Å². The van der Waals surface area contributed by atoms with Crippen LogP contribution in [0.15, 0.2) is 48.5 Å². The highest BCUT2D eigenvalue weighted by molar-refractivity contribution is 5.96. The predicted octanol–water partition coefficient (Wildman–Crippen LogP) is 3.05. The molecule has 7 nitrogen and oxygen atoms in total. The summed E-state index contributed by atoms with van der Waals surface area (Å²) in [6.45, 7) is 0.176. The Hall–Kier alpha value is -3.22. The summed E-state index contributed by atoms with van der Waals surface area (Å²) in [6.07, 6.45) is 2.16. The molecule has 0 aromatic heterocycles. The van der Waals surface area contributed by atoms with Crippen molar-refractivity contribution in [3.8, 4) is 0 Å². The Balaban J connectivity index is 1.56. The molecule has 0 fully saturated rings. The van der Waals surface area contributed by atoms with Crippen LogP contribution in [0.2, 0.25) is 0 Å². The summed E-state index contributed by atoms with van der Waals surface area (Å²) in [5.74, 6) is -0.744. The molecule has 1 heterocycles. The molecule has 7 heteroatoms. The molecule has 0 spiro atoms. The van der Waals surface area contributed by atoms with Crippen molar-refractivity contribution in [1.82, 2.24) is 0 Å². The third kappa shape index (κ3) is 4.69. The van der Waals surface area contributed by atoms with Gasteiger partial charge >= 0.3 is 5.97 Å². The Morgan fingerprint density at radius 1 is 1.15 bits per heavy atom. The number of aryl methyl sites for hydroxylation is 2. The minimum absolute atomic E-state index is 0.00962. The molecule has 1 aliphatic heterocycles. The van der Waals surface area contributed by atoms with Crippen molar-refractivity contribution >= 4 is 23.3 Å². The molecule has 2 aromatic rings. The third-order valence-corrected chi connectivity index (χ3v) is 4.51. The van der Waals surface area contributed by atoms with Gasteiger partial charge in [-0.2, -0.15) is 0 Å². The number of benzene rings is 2. The number of hydrogen-bond donors (Lipinski definition) is 0. The van der Waals surface area contributed by atoms with Gasteiger partial charge in [-0.25, -0.2) is 0 Å². The number of nitro groups is 1. The fourth-order valence-electron chi connectivity index (χ4n) is 3.14. The Morgan fingerprint density at radius 2 is 1.93 bits per heavy atom. The average Bonchev–Trinajstić information content (AvgIpc) is 2.70. The minimum Gasteiger partial charge on any atom is -0.456 e. The second-order valence-corrected chi connectivity index (χ2v) is 6.37. The molecule has 0 radical (unpaired) electrons. The van der Waals surface area contributed by atoms with Crippen molar-refractivity contribution < 1.29 is 19.2 Å². The van der Waals surface area contributed by atoms with Crippen LogP contribution < -0.4 is 4.90 Å². The van der Waals surface area contributed by atoms with Gasteiger partial charge in [-0.05, 0) is 36.5 Å². The number of esters is 1. The van der Waals surface area contributed by atoms with Crippen molar-refractivity contribution in [2.75, 3.05) is 18.1 Å². The van der Waals surface area contributed by atoms with E-state index >= 15 is 0 Å². The maximum absolute atomic E-state index is 12.5. The predicted molar refractivity (Wildman–Crippen MR) is 99.5 cm³/mol. The number of carbonyl (C=O) groups excluding carboxylic acids is 2. The van der Waals surface area contributed by atoms with E-state index in [0.29, 0.717) is 31.5 Å². The van der Waals surface area contributed by atoms with E-state index in [1.54, 1.807) is 6.07 Å². The molecule has 0 bridgehead atoms. The van der Waals surface area contributed by atoms with Crippen molar-refractivity contribution in [2.45, 2.75) is 25.7 Å². The topological polar surface area (TPSA) is 89.8 Å². The zero-order chi connectivity index (χ0) is 19.2. The summed E-state index contributed by atoms with van der Waals surface area (Å²) < 4.78 is 5.12. The summed E-state index contributed by atoms with van der Waals surface area (Å²) in [7, 11) is 0. The number of nitro benzene ring substituents is 1. The van der Waals surface area contributed by atoms with Crippen LogP contribution in [0.1, 0.15) is 24.0 Å². The first kappa shape index (κ1) is 18.6. The highest BCUT2D eigenvalue weighted by Crippen LogP contribution is 2.30. The summed E-state index contributed by atoms with van der Waals surface area (Å²) >= 11 is 0. The van der Waals surface area contributed by atoms with Gasteiger partial charge in [0.15, 0.2) is 6.61 Å². The second kappa shape index (κ2) is 8.44. The fraction of sp³-hybridized carbons (Fsp3) is 0.300. The number of ether oxygens (including phenoxy) is 1. The molecule has 3 rings (SSSR count). The highest BCUT2D eigenvalue weighted by Gasteiger charge is 2.25. The largest absolute Gasteiger partial charge is 0.456 e. The average molecular weight is 368 g/mol. The summed E-state index contributed by atoms with van der Waals surface area (Å²) in [5.41, 5.74) is 2.46. The monoisotopic (exact) mass is 368 g/mol. The van der Waals surface area contributed by atoms with Crippen LogP contribution in [0.5, 0.6) is 0 Å². The van der Waals surface area contributed by atoms with E-state index in [4.69, 9.17) is 4.74 Å². The molecular formula is C20H20N2O5. The van der Waals surface area contributed by atoms with Crippen molar-refractivity contribution in [3.05, 3.63) is 69.8 Å². The number of anilines is 1. The van der Waals surface area contributed by atoms with Gasteiger partial charge in [0.25, 0.3) is 11.6 Å². The number of hydrogen-bond acceptors (Lipinski definition) is 5. The first-order valence-electron chi connectivity index (χ1n) is 8.82. The van der Waals surface area contributed by atoms with Gasteiger partial charge < -0.3 is 9.64 Å². The molecule has 0 saturated carbocycles. The minimum atomic E-state index is -0.449. The molecule has 140 valence electrons. The van der Waals surface area contributed by atoms with E-state index in [9.17, 15) is 19.7 Å². The van der Waals surface area contributed by atoms with Crippen LogP contribution in [0, 0.1) is 10.1 Å². The second-order valence-electron chi connectivity index (χ2n) is 6.37. The van der Waals surface area contributed by atoms with Crippen LogP contribution in [-0.2, 0) is 27.2 Å². The van der Waals surface area contributed by atoms with E-state index < -0.39 is 10.9 Å². The van der Waals surface area contributed by atoms with Crippen molar-refractivity contribution in [1.29, 1.82) is 0 Å². The molecule has 0 aliphatic carbocycles. The molecule has 1 aliphatic rings. The molecule has 27 heavy (non-hydrogen) atoms. The van der Waals surface area contributed by atoms with E-state index in [-0.39, 0.29) is 24.6 Å². The van der Waals surface area contributed by atoms with Crippen molar-refractivity contribution in [3.63, 3.8) is 0 Å². The molecule has 0 unspecified atom stereocenters. The molecule has 2 aromatic carbocycles. The SMILES string of the molecule is O=C(CCc1ccccc1)OCC(=O)N1CCCc2cc([N+](=O)[O-])ccc21. The van der Waals surface area contributed by atoms with Crippen LogP contribution in [0.3, 0.4) is 0 Å². The molecule has 0 N–H and O–H groups in total. The quantitative estimate of drug-likeness (QED) is 0.444. The first-order valence-corrected chi connectivity index (χ1v) is 8.82. The molecule has 1 amide bonds. The highest BCUT2D eigenvalue weighted by atomic mass is 16.6. The maximum Gasteiger partial charge on any atom is 0.306 e. The first-order chi connectivity index (χ1) is 13.0. The van der Waals surface area contributed by atoms with Gasteiger partial charge in [-0.3, -0.25) is 19.7 Å². The van der Waals surface area contributed by atoms with E-state index in [0.717, 1.165) is 11.1 Å². The maximum atomic E-state index is 12.5. The van der Waals surface area contributed by atoms with Crippen LogP contribution in [0.4, 0.5) is 11.4 Å². The smallest absolute Gasteiger partial charge is 0.306 e.